The molecule has 1 aromatic rings. The topological polar surface area (TPSA) is 85.8 Å². The molecule has 1 fully saturated rings. The molecule has 0 bridgehead atoms. The van der Waals surface area contributed by atoms with Gasteiger partial charge in [0.1, 0.15) is 0 Å². The highest BCUT2D eigenvalue weighted by Crippen LogP contribution is 2.12. The summed E-state index contributed by atoms with van der Waals surface area (Å²) in [6.07, 6.45) is 3.53. The minimum absolute atomic E-state index is 0.0563. The predicted molar refractivity (Wildman–Crippen MR) is 99.6 cm³/mol. The van der Waals surface area contributed by atoms with Crippen LogP contribution >= 0.6 is 0 Å². The Morgan fingerprint density at radius 1 is 1.12 bits per heavy atom. The second kappa shape index (κ2) is 8.64. The quantitative estimate of drug-likeness (QED) is 0.464. The van der Waals surface area contributed by atoms with Crippen molar-refractivity contribution >= 4 is 17.8 Å². The molecule has 8 nitrogen and oxygen atoms in total. The predicted octanol–water partition coefficient (Wildman–Crippen LogP) is 0.336. The largest absolute Gasteiger partial charge is 0.354 e. The molecular weight excluding hydrogens is 318 g/mol. The Hall–Kier alpha value is -2.38. The normalized spacial score (nSPS) is 15.9. The second-order valence-corrected chi connectivity index (χ2v) is 7.00. The van der Waals surface area contributed by atoms with E-state index in [1.54, 1.807) is 19.4 Å². The molecule has 0 saturated carbocycles. The number of guanidine groups is 1. The van der Waals surface area contributed by atoms with E-state index < -0.39 is 0 Å². The van der Waals surface area contributed by atoms with Crippen LogP contribution in [0.25, 0.3) is 0 Å². The Morgan fingerprint density at radius 3 is 2.28 bits per heavy atom. The van der Waals surface area contributed by atoms with Gasteiger partial charge < -0.3 is 20.4 Å². The van der Waals surface area contributed by atoms with E-state index in [1.165, 1.54) is 0 Å². The van der Waals surface area contributed by atoms with Crippen molar-refractivity contribution < 1.29 is 4.79 Å². The van der Waals surface area contributed by atoms with Gasteiger partial charge in [-0.15, -0.1) is 0 Å². The number of carbonyl (C=O) groups is 1. The number of aromatic nitrogens is 2. The van der Waals surface area contributed by atoms with Gasteiger partial charge in [-0.05, 0) is 6.07 Å². The average molecular weight is 347 g/mol. The van der Waals surface area contributed by atoms with Crippen LogP contribution in [0.3, 0.4) is 0 Å². The smallest absolute Gasteiger partial charge is 0.225 e. The van der Waals surface area contributed by atoms with Crippen LogP contribution in [0.15, 0.2) is 23.5 Å². The van der Waals surface area contributed by atoms with Gasteiger partial charge in [0.25, 0.3) is 0 Å². The molecule has 8 heteroatoms. The van der Waals surface area contributed by atoms with Crippen LogP contribution in [0.4, 0.5) is 5.95 Å². The maximum Gasteiger partial charge on any atom is 0.225 e. The number of rotatable bonds is 4. The molecule has 138 valence electrons. The fraction of sp³-hybridized carbons (Fsp3) is 0.647. The molecule has 0 aliphatic carbocycles. The van der Waals surface area contributed by atoms with Crippen molar-refractivity contribution in [3.05, 3.63) is 18.5 Å². The summed E-state index contributed by atoms with van der Waals surface area (Å²) in [7, 11) is 1.78. The van der Waals surface area contributed by atoms with Crippen LogP contribution < -0.4 is 15.5 Å². The van der Waals surface area contributed by atoms with Gasteiger partial charge in [0.05, 0.1) is 0 Å². The number of aliphatic imine (C=N–C) groups is 1. The summed E-state index contributed by atoms with van der Waals surface area (Å²) in [6.45, 7) is 10.4. The zero-order chi connectivity index (χ0) is 18.3. The number of piperazine rings is 1. The van der Waals surface area contributed by atoms with E-state index in [0.717, 1.165) is 38.1 Å². The lowest BCUT2D eigenvalue weighted by atomic mass is 9.96. The summed E-state index contributed by atoms with van der Waals surface area (Å²) in [5.41, 5.74) is -0.364. The number of amides is 1. The van der Waals surface area contributed by atoms with Gasteiger partial charge >= 0.3 is 0 Å². The molecule has 0 radical (unpaired) electrons. The molecular formula is C17H29N7O. The van der Waals surface area contributed by atoms with Gasteiger partial charge in [0.15, 0.2) is 5.96 Å². The van der Waals surface area contributed by atoms with Gasteiger partial charge in [-0.25, -0.2) is 9.97 Å². The number of carbonyl (C=O) groups excluding carboxylic acids is 1. The number of nitrogens with one attached hydrogen (secondary N) is 2. The highest BCUT2D eigenvalue weighted by molar-refractivity contribution is 5.82. The molecule has 2 N–H and O–H groups in total. The molecule has 2 rings (SSSR count). The third-order valence-corrected chi connectivity index (χ3v) is 4.00. The van der Waals surface area contributed by atoms with E-state index in [9.17, 15) is 4.79 Å². The molecule has 1 aliphatic heterocycles. The fourth-order valence-corrected chi connectivity index (χ4v) is 2.52. The van der Waals surface area contributed by atoms with E-state index in [0.29, 0.717) is 13.1 Å². The molecule has 25 heavy (non-hydrogen) atoms. The van der Waals surface area contributed by atoms with Crippen LogP contribution in [0.1, 0.15) is 20.8 Å². The van der Waals surface area contributed by atoms with Gasteiger partial charge in [-0.1, -0.05) is 20.8 Å². The molecule has 1 aliphatic rings. The number of nitrogens with zero attached hydrogens (tertiary/aromatic N) is 5. The van der Waals surface area contributed by atoms with Crippen LogP contribution in [-0.4, -0.2) is 73.1 Å². The Bertz CT molecular complexity index is 574. The Morgan fingerprint density at radius 2 is 1.72 bits per heavy atom. The lowest BCUT2D eigenvalue weighted by Gasteiger charge is -2.36. The van der Waals surface area contributed by atoms with E-state index in [1.807, 2.05) is 26.8 Å². The monoisotopic (exact) mass is 347 g/mol. The first-order valence-corrected chi connectivity index (χ1v) is 8.67. The maximum atomic E-state index is 11.9. The standard InChI is InChI=1S/C17H29N7O/c1-17(2,3)14(25)19-8-9-22-15(18-4)23-10-12-24(13-11-23)16-20-6-5-7-21-16/h5-7H,8-13H2,1-4H3,(H,18,22)(H,19,25). The van der Waals surface area contributed by atoms with Crippen molar-refractivity contribution in [3.63, 3.8) is 0 Å². The van der Waals surface area contributed by atoms with Crippen molar-refractivity contribution in [3.8, 4) is 0 Å². The Kier molecular flexibility index (Phi) is 6.55. The highest BCUT2D eigenvalue weighted by Gasteiger charge is 2.22. The van der Waals surface area contributed by atoms with E-state index in [-0.39, 0.29) is 11.3 Å². The first-order chi connectivity index (χ1) is 11.9. The molecule has 1 aromatic heterocycles. The van der Waals surface area contributed by atoms with Crippen LogP contribution in [-0.2, 0) is 4.79 Å². The van der Waals surface area contributed by atoms with Crippen molar-refractivity contribution in [2.75, 3.05) is 51.2 Å². The summed E-state index contributed by atoms with van der Waals surface area (Å²) in [5.74, 6) is 1.69. The first kappa shape index (κ1) is 19.0. The summed E-state index contributed by atoms with van der Waals surface area (Å²) in [5, 5.41) is 6.25. The van der Waals surface area contributed by atoms with E-state index in [2.05, 4.69) is 35.4 Å². The molecule has 1 amide bonds. The van der Waals surface area contributed by atoms with Gasteiger partial charge in [-0.2, -0.15) is 0 Å². The van der Waals surface area contributed by atoms with Crippen LogP contribution in [0.5, 0.6) is 0 Å². The SMILES string of the molecule is CN=C(NCCNC(=O)C(C)(C)C)N1CCN(c2ncccn2)CC1. The van der Waals surface area contributed by atoms with E-state index >= 15 is 0 Å². The third kappa shape index (κ3) is 5.58. The van der Waals surface area contributed by atoms with E-state index in [4.69, 9.17) is 0 Å². The summed E-state index contributed by atoms with van der Waals surface area (Å²) >= 11 is 0. The lowest BCUT2D eigenvalue weighted by Crippen LogP contribution is -2.53. The summed E-state index contributed by atoms with van der Waals surface area (Å²) in [6, 6.07) is 1.82. The molecule has 2 heterocycles. The zero-order valence-corrected chi connectivity index (χ0v) is 15.6. The van der Waals surface area contributed by atoms with Crippen molar-refractivity contribution in [2.24, 2.45) is 10.4 Å². The molecule has 0 spiro atoms. The average Bonchev–Trinajstić information content (AvgIpc) is 2.62. The lowest BCUT2D eigenvalue weighted by molar-refractivity contribution is -0.128. The van der Waals surface area contributed by atoms with Crippen LogP contribution in [0.2, 0.25) is 0 Å². The van der Waals surface area contributed by atoms with Crippen molar-refractivity contribution in [2.45, 2.75) is 20.8 Å². The zero-order valence-electron chi connectivity index (χ0n) is 15.6. The van der Waals surface area contributed by atoms with Gasteiger partial charge in [0, 0.05) is 64.1 Å². The van der Waals surface area contributed by atoms with Crippen LogP contribution in [0, 0.1) is 5.41 Å². The number of hydrogen-bond donors (Lipinski definition) is 2. The highest BCUT2D eigenvalue weighted by atomic mass is 16.2. The molecule has 0 atom stereocenters. The summed E-state index contributed by atoms with van der Waals surface area (Å²) < 4.78 is 0. The minimum Gasteiger partial charge on any atom is -0.354 e. The first-order valence-electron chi connectivity index (χ1n) is 8.67. The van der Waals surface area contributed by atoms with Gasteiger partial charge in [-0.3, -0.25) is 9.79 Å². The second-order valence-electron chi connectivity index (χ2n) is 7.00. The Labute approximate surface area is 149 Å². The third-order valence-electron chi connectivity index (χ3n) is 4.00. The molecule has 1 saturated heterocycles. The molecule has 0 aromatic carbocycles. The Balaban J connectivity index is 1.74. The fourth-order valence-electron chi connectivity index (χ4n) is 2.52. The number of anilines is 1. The maximum absolute atomic E-state index is 11.9. The van der Waals surface area contributed by atoms with Crippen molar-refractivity contribution in [1.29, 1.82) is 0 Å². The number of hydrogen-bond acceptors (Lipinski definition) is 5. The summed E-state index contributed by atoms with van der Waals surface area (Å²) in [4.78, 5) is 29.2. The van der Waals surface area contributed by atoms with Crippen molar-refractivity contribution in [1.82, 2.24) is 25.5 Å². The van der Waals surface area contributed by atoms with Gasteiger partial charge in [0.2, 0.25) is 11.9 Å². The molecule has 0 unspecified atom stereocenters. The minimum atomic E-state index is -0.364.